The molecule has 118 valence electrons. The van der Waals surface area contributed by atoms with E-state index in [-0.39, 0.29) is 0 Å². The lowest BCUT2D eigenvalue weighted by molar-refractivity contribution is -0.910. The summed E-state index contributed by atoms with van der Waals surface area (Å²) in [5.41, 5.74) is 3.29. The van der Waals surface area contributed by atoms with E-state index < -0.39 is 0 Å². The predicted octanol–water partition coefficient (Wildman–Crippen LogP) is 2.47. The number of H-pyrrole nitrogens is 1. The van der Waals surface area contributed by atoms with E-state index in [1.165, 1.54) is 15.7 Å². The van der Waals surface area contributed by atoms with Crippen molar-refractivity contribution in [3.05, 3.63) is 60.2 Å². The van der Waals surface area contributed by atoms with Crippen molar-refractivity contribution in [3.63, 3.8) is 0 Å². The average Bonchev–Trinajstić information content (AvgIpc) is 2.99. The number of pyridine rings is 2. The first-order valence-corrected chi connectivity index (χ1v) is 8.14. The van der Waals surface area contributed by atoms with Crippen LogP contribution in [0, 0.1) is 0 Å². The second kappa shape index (κ2) is 6.01. The summed E-state index contributed by atoms with van der Waals surface area (Å²) in [4.78, 5) is 10.1. The Balaban J connectivity index is 1.43. The van der Waals surface area contributed by atoms with E-state index in [4.69, 9.17) is 0 Å². The lowest BCUT2D eigenvalue weighted by Gasteiger charge is -2.30. The van der Waals surface area contributed by atoms with Crippen molar-refractivity contribution in [2.75, 3.05) is 13.1 Å². The number of nitrogens with one attached hydrogen (secondary N) is 1. The normalized spacial score (nSPS) is 16.9. The van der Waals surface area contributed by atoms with E-state index in [9.17, 15) is 5.21 Å². The van der Waals surface area contributed by atoms with Crippen molar-refractivity contribution >= 4 is 11.0 Å². The number of fused-ring (bicyclic) bond motifs is 1. The summed E-state index contributed by atoms with van der Waals surface area (Å²) in [6, 6.07) is 9.98. The Morgan fingerprint density at radius 3 is 2.91 bits per heavy atom. The summed E-state index contributed by atoms with van der Waals surface area (Å²) in [7, 11) is 0. The predicted molar refractivity (Wildman–Crippen MR) is 87.2 cm³/mol. The highest BCUT2D eigenvalue weighted by Crippen LogP contribution is 2.27. The van der Waals surface area contributed by atoms with Crippen molar-refractivity contribution in [2.24, 2.45) is 0 Å². The highest BCUT2D eigenvalue weighted by atomic mass is 16.5. The number of aromatic amines is 1. The Morgan fingerprint density at radius 2 is 2.09 bits per heavy atom. The van der Waals surface area contributed by atoms with Gasteiger partial charge >= 0.3 is 0 Å². The Kier molecular flexibility index (Phi) is 3.71. The van der Waals surface area contributed by atoms with Gasteiger partial charge in [-0.15, -0.1) is 0 Å². The molecular weight excluding hydrogens is 288 g/mol. The van der Waals surface area contributed by atoms with E-state index in [0.717, 1.165) is 43.8 Å². The van der Waals surface area contributed by atoms with Crippen LogP contribution >= 0.6 is 0 Å². The van der Waals surface area contributed by atoms with Gasteiger partial charge in [0.05, 0.1) is 5.92 Å². The van der Waals surface area contributed by atoms with Crippen molar-refractivity contribution < 1.29 is 9.94 Å². The number of aromatic nitrogens is 3. The first kappa shape index (κ1) is 14.2. The minimum absolute atomic E-state index is 0.432. The summed E-state index contributed by atoms with van der Waals surface area (Å²) >= 11 is 0. The maximum Gasteiger partial charge on any atom is 0.237 e. The third-order valence-electron chi connectivity index (χ3n) is 4.81. The maximum absolute atomic E-state index is 9.95. The Morgan fingerprint density at radius 1 is 1.22 bits per heavy atom. The van der Waals surface area contributed by atoms with Crippen molar-refractivity contribution in [3.8, 4) is 0 Å². The van der Waals surface area contributed by atoms with Crippen LogP contribution in [0.3, 0.4) is 0 Å². The molecule has 0 unspecified atom stereocenters. The van der Waals surface area contributed by atoms with Crippen LogP contribution in [-0.2, 0) is 6.54 Å². The monoisotopic (exact) mass is 309 g/mol. The molecule has 1 fully saturated rings. The fraction of sp³-hybridized carbons (Fsp3) is 0.333. The number of hydrogen-bond acceptors (Lipinski definition) is 3. The van der Waals surface area contributed by atoms with Gasteiger partial charge in [0, 0.05) is 41.2 Å². The van der Waals surface area contributed by atoms with E-state index in [1.54, 1.807) is 6.20 Å². The van der Waals surface area contributed by atoms with Crippen LogP contribution in [0.15, 0.2) is 48.9 Å². The number of nitrogens with zero attached hydrogens (tertiary/aromatic N) is 3. The smallest absolute Gasteiger partial charge is 0.237 e. The van der Waals surface area contributed by atoms with Gasteiger partial charge in [-0.2, -0.15) is 0 Å². The van der Waals surface area contributed by atoms with Crippen LogP contribution in [0.4, 0.5) is 0 Å². The molecule has 5 heteroatoms. The molecule has 3 aromatic rings. The molecule has 0 aromatic carbocycles. The van der Waals surface area contributed by atoms with E-state index in [0.29, 0.717) is 5.92 Å². The first-order chi connectivity index (χ1) is 11.3. The zero-order valence-electron chi connectivity index (χ0n) is 13.0. The second-order valence-electron chi connectivity index (χ2n) is 6.23. The van der Waals surface area contributed by atoms with Gasteiger partial charge in [0.2, 0.25) is 11.9 Å². The van der Waals surface area contributed by atoms with E-state index in [2.05, 4.69) is 27.1 Å². The van der Waals surface area contributed by atoms with Crippen molar-refractivity contribution in [1.29, 1.82) is 0 Å². The quantitative estimate of drug-likeness (QED) is 0.577. The molecule has 2 N–H and O–H groups in total. The van der Waals surface area contributed by atoms with Gasteiger partial charge in [-0.3, -0.25) is 10.1 Å². The molecule has 0 atom stereocenters. The van der Waals surface area contributed by atoms with Gasteiger partial charge in [-0.25, -0.2) is 4.98 Å². The molecule has 0 radical (unpaired) electrons. The molecule has 3 aromatic heterocycles. The second-order valence-corrected chi connectivity index (χ2v) is 6.23. The summed E-state index contributed by atoms with van der Waals surface area (Å²) in [6.45, 7) is 3.05. The van der Waals surface area contributed by atoms with E-state index >= 15 is 0 Å². The van der Waals surface area contributed by atoms with Crippen LogP contribution in [0.2, 0.25) is 0 Å². The van der Waals surface area contributed by atoms with Gasteiger partial charge in [-0.05, 0) is 49.7 Å². The SMILES string of the molecule is O[n+]1ccccc1C1CCN(Cc2c[nH]c3ncccc23)CC1. The minimum Gasteiger partial charge on any atom is -0.346 e. The third kappa shape index (κ3) is 2.80. The molecule has 1 aliphatic rings. The molecule has 0 saturated carbocycles. The van der Waals surface area contributed by atoms with E-state index in [1.807, 2.05) is 30.5 Å². The van der Waals surface area contributed by atoms with Crippen LogP contribution < -0.4 is 4.73 Å². The summed E-state index contributed by atoms with van der Waals surface area (Å²) in [6.07, 6.45) is 7.75. The third-order valence-corrected chi connectivity index (χ3v) is 4.81. The molecule has 0 aliphatic carbocycles. The van der Waals surface area contributed by atoms with Gasteiger partial charge < -0.3 is 4.98 Å². The van der Waals surface area contributed by atoms with Crippen LogP contribution in [0.5, 0.6) is 0 Å². The van der Waals surface area contributed by atoms with Crippen LogP contribution in [0.1, 0.15) is 30.0 Å². The Bertz CT molecular complexity index is 805. The average molecular weight is 309 g/mol. The van der Waals surface area contributed by atoms with Gasteiger partial charge in [0.15, 0.2) is 0 Å². The number of likely N-dealkylation sites (tertiary alicyclic amines) is 1. The molecule has 0 bridgehead atoms. The molecule has 4 rings (SSSR count). The topological polar surface area (TPSA) is 56.0 Å². The minimum atomic E-state index is 0.432. The summed E-state index contributed by atoms with van der Waals surface area (Å²) < 4.78 is 1.27. The van der Waals surface area contributed by atoms with Gasteiger partial charge in [0.1, 0.15) is 5.65 Å². The maximum atomic E-state index is 9.95. The number of rotatable bonds is 3. The lowest BCUT2D eigenvalue weighted by atomic mass is 9.93. The lowest BCUT2D eigenvalue weighted by Crippen LogP contribution is -2.40. The Labute approximate surface area is 135 Å². The number of hydrogen-bond donors (Lipinski definition) is 2. The van der Waals surface area contributed by atoms with Gasteiger partial charge in [-0.1, -0.05) is 0 Å². The zero-order chi connectivity index (χ0) is 15.6. The first-order valence-electron chi connectivity index (χ1n) is 8.14. The fourth-order valence-electron chi connectivity index (χ4n) is 3.54. The molecular formula is C18H21N4O+. The molecule has 1 aliphatic heterocycles. The summed E-state index contributed by atoms with van der Waals surface area (Å²) in [5.74, 6) is 0.432. The molecule has 4 heterocycles. The largest absolute Gasteiger partial charge is 0.346 e. The molecule has 0 spiro atoms. The molecule has 23 heavy (non-hydrogen) atoms. The van der Waals surface area contributed by atoms with Crippen molar-refractivity contribution in [2.45, 2.75) is 25.3 Å². The fourth-order valence-corrected chi connectivity index (χ4v) is 3.54. The Hall–Kier alpha value is -2.40. The number of piperidine rings is 1. The molecule has 1 saturated heterocycles. The highest BCUT2D eigenvalue weighted by molar-refractivity contribution is 5.79. The molecule has 5 nitrogen and oxygen atoms in total. The van der Waals surface area contributed by atoms with Crippen molar-refractivity contribution in [1.82, 2.24) is 14.9 Å². The highest BCUT2D eigenvalue weighted by Gasteiger charge is 2.27. The zero-order valence-corrected chi connectivity index (χ0v) is 13.0. The van der Waals surface area contributed by atoms with Crippen LogP contribution in [0.25, 0.3) is 11.0 Å². The summed E-state index contributed by atoms with van der Waals surface area (Å²) in [5, 5.41) is 11.2. The standard InChI is InChI=1S/C18H21N4O/c23-22-9-2-1-5-17(22)14-6-10-21(11-7-14)13-15-12-20-18-16(15)4-3-8-19-18/h1-5,8-9,12,14,23H,6-7,10-11,13H2,(H,19,20)/q+1. The van der Waals surface area contributed by atoms with Gasteiger partial charge in [0.25, 0.3) is 0 Å². The van der Waals surface area contributed by atoms with Crippen LogP contribution in [-0.4, -0.2) is 33.2 Å². The molecule has 0 amide bonds.